The van der Waals surface area contributed by atoms with E-state index in [9.17, 15) is 0 Å². The Morgan fingerprint density at radius 3 is 2.31 bits per heavy atom. The van der Waals surface area contributed by atoms with Crippen LogP contribution in [0.15, 0.2) is 176 Å². The Balaban J connectivity index is 1.02. The van der Waals surface area contributed by atoms with Crippen LogP contribution in [-0.2, 0) is 6.42 Å². The molecule has 9 rings (SSSR count). The molecule has 0 radical (unpaired) electrons. The SMILES string of the molecule is NC(N/C(=C\Cc1cccc(-c2ccccc2)c1)c1ccccc1)c1cccc2c1C1=CC(c3ccc4c(ccc5ccccc54)c3)=CCC1O2. The molecule has 0 bridgehead atoms. The van der Waals surface area contributed by atoms with Crippen LogP contribution < -0.4 is 15.8 Å². The summed E-state index contributed by atoms with van der Waals surface area (Å²) in [7, 11) is 0. The van der Waals surface area contributed by atoms with Crippen LogP contribution in [0.5, 0.6) is 5.75 Å². The van der Waals surface area contributed by atoms with E-state index in [1.165, 1.54) is 54.9 Å². The van der Waals surface area contributed by atoms with Crippen molar-refractivity contribution in [2.24, 2.45) is 5.73 Å². The summed E-state index contributed by atoms with van der Waals surface area (Å²) in [6.07, 6.45) is 7.98. The number of ether oxygens (including phenoxy) is 1. The zero-order chi connectivity index (χ0) is 34.1. The van der Waals surface area contributed by atoms with E-state index < -0.39 is 6.17 Å². The molecule has 1 heterocycles. The molecule has 0 aromatic heterocycles. The van der Waals surface area contributed by atoms with Gasteiger partial charge in [-0.25, -0.2) is 0 Å². The first-order valence-corrected chi connectivity index (χ1v) is 17.7. The van der Waals surface area contributed by atoms with Crippen molar-refractivity contribution in [2.75, 3.05) is 0 Å². The predicted molar refractivity (Wildman–Crippen MR) is 213 cm³/mol. The van der Waals surface area contributed by atoms with Gasteiger partial charge in [0.2, 0.25) is 0 Å². The van der Waals surface area contributed by atoms with Crippen LogP contribution in [0.2, 0.25) is 0 Å². The Morgan fingerprint density at radius 1 is 0.686 bits per heavy atom. The van der Waals surface area contributed by atoms with Gasteiger partial charge in [-0.2, -0.15) is 0 Å². The monoisotopic (exact) mass is 658 g/mol. The van der Waals surface area contributed by atoms with Gasteiger partial charge < -0.3 is 15.8 Å². The summed E-state index contributed by atoms with van der Waals surface area (Å²) in [5, 5.41) is 8.78. The third kappa shape index (κ3) is 6.03. The molecule has 7 aromatic rings. The van der Waals surface area contributed by atoms with Gasteiger partial charge in [0.15, 0.2) is 0 Å². The molecular weight excluding hydrogens is 621 g/mol. The lowest BCUT2D eigenvalue weighted by atomic mass is 9.87. The van der Waals surface area contributed by atoms with Crippen LogP contribution >= 0.6 is 0 Å². The maximum atomic E-state index is 7.10. The van der Waals surface area contributed by atoms with E-state index in [1.807, 2.05) is 6.07 Å². The Labute approximate surface area is 299 Å². The van der Waals surface area contributed by atoms with Crippen LogP contribution in [0.3, 0.4) is 0 Å². The molecule has 3 heteroatoms. The highest BCUT2D eigenvalue weighted by atomic mass is 16.5. The molecule has 2 aliphatic rings. The van der Waals surface area contributed by atoms with Crippen molar-refractivity contribution >= 4 is 38.4 Å². The summed E-state index contributed by atoms with van der Waals surface area (Å²) in [5.74, 6) is 0.892. The van der Waals surface area contributed by atoms with Crippen molar-refractivity contribution < 1.29 is 4.74 Å². The lowest BCUT2D eigenvalue weighted by Crippen LogP contribution is -2.28. The third-order valence-corrected chi connectivity index (χ3v) is 10.2. The normalized spacial score (nSPS) is 15.8. The zero-order valence-corrected chi connectivity index (χ0v) is 28.3. The van der Waals surface area contributed by atoms with E-state index in [0.29, 0.717) is 0 Å². The fourth-order valence-corrected chi connectivity index (χ4v) is 7.64. The fraction of sp³-hybridized carbons (Fsp3) is 0.0833. The van der Waals surface area contributed by atoms with Gasteiger partial charge in [0.1, 0.15) is 18.0 Å². The zero-order valence-electron chi connectivity index (χ0n) is 28.3. The Hall–Kier alpha value is -6.16. The number of benzene rings is 7. The van der Waals surface area contributed by atoms with Crippen molar-refractivity contribution in [1.29, 1.82) is 0 Å². The lowest BCUT2D eigenvalue weighted by molar-refractivity contribution is 0.279. The number of hydrogen-bond acceptors (Lipinski definition) is 3. The first kappa shape index (κ1) is 30.9. The first-order valence-electron chi connectivity index (χ1n) is 17.7. The average Bonchev–Trinajstić information content (AvgIpc) is 3.58. The van der Waals surface area contributed by atoms with Gasteiger partial charge in [-0.05, 0) is 85.1 Å². The van der Waals surface area contributed by atoms with Gasteiger partial charge in [0.05, 0.1) is 0 Å². The molecule has 0 spiro atoms. The standard InChI is InChI=1S/C48H38N2O/c49-48(50-44(35-15-5-2-6-16-35)27-21-32-11-9-17-36(29-32)33-12-3-1-4-13-33)42-19-10-20-46-47(42)43-31-38(25-28-45(43)51-46)37-24-26-41-39(30-37)23-22-34-14-7-8-18-40(34)41/h1-20,22-27,29-31,45,48,50H,21,28,49H2/b44-27-. The lowest BCUT2D eigenvalue weighted by Gasteiger charge is -2.22. The maximum absolute atomic E-state index is 7.10. The Morgan fingerprint density at radius 2 is 1.43 bits per heavy atom. The van der Waals surface area contributed by atoms with Gasteiger partial charge in [-0.3, -0.25) is 0 Å². The van der Waals surface area contributed by atoms with E-state index in [0.717, 1.165) is 41.0 Å². The fourth-order valence-electron chi connectivity index (χ4n) is 7.64. The van der Waals surface area contributed by atoms with Crippen LogP contribution in [-0.4, -0.2) is 6.10 Å². The average molecular weight is 659 g/mol. The first-order chi connectivity index (χ1) is 25.2. The van der Waals surface area contributed by atoms with Crippen molar-refractivity contribution in [1.82, 2.24) is 5.32 Å². The van der Waals surface area contributed by atoms with Crippen molar-refractivity contribution in [3.05, 3.63) is 204 Å². The molecule has 0 saturated carbocycles. The molecule has 1 aliphatic carbocycles. The molecule has 0 amide bonds. The van der Waals surface area contributed by atoms with E-state index in [1.54, 1.807) is 0 Å². The smallest absolute Gasteiger partial charge is 0.128 e. The molecule has 3 nitrogen and oxygen atoms in total. The number of fused-ring (bicyclic) bond motifs is 6. The topological polar surface area (TPSA) is 47.3 Å². The molecule has 7 aromatic carbocycles. The van der Waals surface area contributed by atoms with E-state index >= 15 is 0 Å². The molecule has 1 aliphatic heterocycles. The summed E-state index contributed by atoms with van der Waals surface area (Å²) in [6, 6.07) is 55.9. The van der Waals surface area contributed by atoms with E-state index in [4.69, 9.17) is 10.5 Å². The van der Waals surface area contributed by atoms with Crippen LogP contribution in [0.4, 0.5) is 0 Å². The molecular formula is C48H38N2O. The molecule has 246 valence electrons. The van der Waals surface area contributed by atoms with Crippen molar-refractivity contribution in [2.45, 2.75) is 25.1 Å². The largest absolute Gasteiger partial charge is 0.485 e. The number of allylic oxidation sites excluding steroid dienone is 3. The van der Waals surface area contributed by atoms with Crippen LogP contribution in [0.25, 0.3) is 49.5 Å². The van der Waals surface area contributed by atoms with Crippen LogP contribution in [0.1, 0.15) is 40.4 Å². The number of rotatable bonds is 8. The summed E-state index contributed by atoms with van der Waals surface area (Å²) in [4.78, 5) is 0. The van der Waals surface area contributed by atoms with Gasteiger partial charge in [-0.1, -0.05) is 158 Å². The second-order valence-electron chi connectivity index (χ2n) is 13.4. The molecule has 0 saturated heterocycles. The van der Waals surface area contributed by atoms with Gasteiger partial charge in [0, 0.05) is 23.3 Å². The molecule has 2 atom stereocenters. The predicted octanol–water partition coefficient (Wildman–Crippen LogP) is 11.1. The quantitative estimate of drug-likeness (QED) is 0.126. The highest BCUT2D eigenvalue weighted by Gasteiger charge is 2.33. The number of nitrogens with two attached hydrogens (primary N) is 1. The van der Waals surface area contributed by atoms with E-state index in [2.05, 4.69) is 175 Å². The minimum Gasteiger partial charge on any atom is -0.485 e. The second kappa shape index (κ2) is 13.3. The number of nitrogens with one attached hydrogen (secondary N) is 1. The third-order valence-electron chi connectivity index (χ3n) is 10.2. The molecule has 51 heavy (non-hydrogen) atoms. The summed E-state index contributed by atoms with van der Waals surface area (Å²) < 4.78 is 6.54. The van der Waals surface area contributed by atoms with Gasteiger partial charge in [0.25, 0.3) is 0 Å². The summed E-state index contributed by atoms with van der Waals surface area (Å²) in [5.41, 5.74) is 18.6. The highest BCUT2D eigenvalue weighted by molar-refractivity contribution is 6.08. The molecule has 2 unspecified atom stereocenters. The van der Waals surface area contributed by atoms with Crippen molar-refractivity contribution in [3.63, 3.8) is 0 Å². The van der Waals surface area contributed by atoms with Gasteiger partial charge >= 0.3 is 0 Å². The molecule has 3 N–H and O–H groups in total. The second-order valence-corrected chi connectivity index (χ2v) is 13.4. The summed E-state index contributed by atoms with van der Waals surface area (Å²) >= 11 is 0. The number of hydrogen-bond donors (Lipinski definition) is 2. The Bertz CT molecular complexity index is 2490. The van der Waals surface area contributed by atoms with E-state index in [-0.39, 0.29) is 6.10 Å². The van der Waals surface area contributed by atoms with Gasteiger partial charge in [-0.15, -0.1) is 0 Å². The minimum atomic E-state index is -0.450. The highest BCUT2D eigenvalue weighted by Crippen LogP contribution is 2.46. The van der Waals surface area contributed by atoms with Crippen LogP contribution in [0, 0.1) is 0 Å². The maximum Gasteiger partial charge on any atom is 0.128 e. The summed E-state index contributed by atoms with van der Waals surface area (Å²) in [6.45, 7) is 0. The Kier molecular flexibility index (Phi) is 8.04. The van der Waals surface area contributed by atoms with Crippen molar-refractivity contribution in [3.8, 4) is 16.9 Å². The molecule has 0 fully saturated rings. The minimum absolute atomic E-state index is 0.0254.